The molecule has 0 bridgehead atoms. The fraction of sp³-hybridized carbons (Fsp3) is 0.200. The van der Waals surface area contributed by atoms with E-state index in [4.69, 9.17) is 0 Å². The molecule has 2 heterocycles. The second kappa shape index (κ2) is 8.90. The maximum absolute atomic E-state index is 13.7. The molecule has 5 aromatic carbocycles. The molecule has 2 aliphatic rings. The van der Waals surface area contributed by atoms with Gasteiger partial charge in [0.05, 0.1) is 0 Å². The lowest BCUT2D eigenvalue weighted by atomic mass is 9.82. The van der Waals surface area contributed by atoms with Gasteiger partial charge in [-0.3, -0.25) is 29.0 Å². The number of imide groups is 2. The minimum Gasteiger partial charge on any atom is -0.269 e. The van der Waals surface area contributed by atoms with Gasteiger partial charge in [-0.2, -0.15) is 26.3 Å². The molecule has 0 radical (unpaired) electrons. The highest BCUT2D eigenvalue weighted by Gasteiger charge is 2.49. The molecule has 0 fully saturated rings. The molecule has 224 valence electrons. The van der Waals surface area contributed by atoms with Crippen molar-refractivity contribution in [1.82, 2.24) is 9.80 Å². The smallest absolute Gasteiger partial charge is 0.269 e. The predicted molar refractivity (Wildman–Crippen MR) is 155 cm³/mol. The molecule has 0 aliphatic carbocycles. The van der Waals surface area contributed by atoms with Crippen LogP contribution in [0, 0.1) is 0 Å². The van der Waals surface area contributed by atoms with Crippen molar-refractivity contribution in [1.29, 1.82) is 0 Å². The van der Waals surface area contributed by atoms with Crippen LogP contribution in [-0.4, -0.2) is 57.9 Å². The van der Waals surface area contributed by atoms with Gasteiger partial charge in [0, 0.05) is 63.5 Å². The highest BCUT2D eigenvalue weighted by molar-refractivity contribution is 9.11. The second-order valence-electron chi connectivity index (χ2n) is 10.8. The Morgan fingerprint density at radius 3 is 1.16 bits per heavy atom. The van der Waals surface area contributed by atoms with Crippen LogP contribution in [0.1, 0.15) is 55.3 Å². The normalized spacial score (nSPS) is 17.2. The minimum absolute atomic E-state index is 0.115. The predicted octanol–water partition coefficient (Wildman–Crippen LogP) is 8.36. The Morgan fingerprint density at radius 2 is 0.841 bits per heavy atom. The van der Waals surface area contributed by atoms with Crippen molar-refractivity contribution >= 4 is 98.6 Å². The van der Waals surface area contributed by atoms with Gasteiger partial charge >= 0.3 is 12.4 Å². The number of fused-ring (bicyclic) bond motifs is 2. The first-order valence-corrected chi connectivity index (χ1v) is 14.5. The van der Waals surface area contributed by atoms with Crippen LogP contribution in [0.2, 0.25) is 0 Å². The van der Waals surface area contributed by atoms with Gasteiger partial charge in [0.1, 0.15) is 12.1 Å². The Balaban J connectivity index is 1.60. The Labute approximate surface area is 259 Å². The first-order chi connectivity index (χ1) is 20.5. The van der Waals surface area contributed by atoms with E-state index >= 15 is 0 Å². The number of carbonyl (C=O) groups is 4. The zero-order valence-electron chi connectivity index (χ0n) is 22.2. The molecule has 0 spiro atoms. The Bertz CT molecular complexity index is 2050. The third-order valence-corrected chi connectivity index (χ3v) is 9.78. The fourth-order valence-electron chi connectivity index (χ4n) is 6.40. The van der Waals surface area contributed by atoms with E-state index in [-0.39, 0.29) is 51.8 Å². The summed E-state index contributed by atoms with van der Waals surface area (Å²) in [6.45, 7) is 1.46. The summed E-state index contributed by atoms with van der Waals surface area (Å²) in [4.78, 5) is 54.1. The van der Waals surface area contributed by atoms with Gasteiger partial charge in [0.2, 0.25) is 0 Å². The van der Waals surface area contributed by atoms with Crippen LogP contribution in [0.4, 0.5) is 26.3 Å². The van der Waals surface area contributed by atoms with Crippen LogP contribution < -0.4 is 0 Å². The summed E-state index contributed by atoms with van der Waals surface area (Å²) in [5.74, 6) is -4.47. The molecule has 2 atom stereocenters. The molecule has 4 amide bonds. The molecule has 14 heteroatoms. The average molecular weight is 740 g/mol. The number of rotatable bonds is 2. The molecular formula is C30H14Br2F6N2O4. The number of carbonyl (C=O) groups excluding carboxylic acids is 4. The standard InChI is InChI=1S/C30H14Br2F6N2O4/c1-9(29(33,34)35)39-25(41)13-5-3-11-22-18(32)8-16-20-14(26(42)40(28(16)44)10(2)30(36,37)38)6-4-12(24(20)22)21-17(31)7-15(27(39)43)19(13)23(11)21/h3-10H,1-2H3. The van der Waals surface area contributed by atoms with Gasteiger partial charge < -0.3 is 0 Å². The molecule has 0 aromatic heterocycles. The number of halogens is 8. The van der Waals surface area contributed by atoms with Gasteiger partial charge in [0.25, 0.3) is 23.6 Å². The lowest BCUT2D eigenvalue weighted by molar-refractivity contribution is -0.166. The molecule has 44 heavy (non-hydrogen) atoms. The second-order valence-corrected chi connectivity index (χ2v) is 12.5. The third kappa shape index (κ3) is 3.54. The third-order valence-electron chi connectivity index (χ3n) is 8.53. The van der Waals surface area contributed by atoms with Crippen LogP contribution in [0.3, 0.4) is 0 Å². The number of amides is 4. The van der Waals surface area contributed by atoms with E-state index in [9.17, 15) is 45.5 Å². The Hall–Kier alpha value is -3.78. The SMILES string of the molecule is CC(N1C(=O)c2ccc3c4c(Br)cc5c6c(ccc(c7c(Br)cc(c2c37)C1=O)c64)C(=O)N(C(C)C(F)(F)F)C5=O)C(F)(F)F. The first kappa shape index (κ1) is 29.0. The summed E-state index contributed by atoms with van der Waals surface area (Å²) in [6.07, 6.45) is -9.74. The zero-order chi connectivity index (χ0) is 31.9. The van der Waals surface area contributed by atoms with Crippen LogP contribution >= 0.6 is 31.9 Å². The van der Waals surface area contributed by atoms with Gasteiger partial charge in [-0.25, -0.2) is 0 Å². The molecule has 0 saturated carbocycles. The molecule has 0 N–H and O–H groups in total. The van der Waals surface area contributed by atoms with E-state index in [0.29, 0.717) is 32.3 Å². The van der Waals surface area contributed by atoms with Gasteiger partial charge in [-0.1, -0.05) is 44.0 Å². The van der Waals surface area contributed by atoms with E-state index in [2.05, 4.69) is 31.9 Å². The van der Waals surface area contributed by atoms with Crippen LogP contribution in [0.25, 0.3) is 43.1 Å². The van der Waals surface area contributed by atoms with Crippen LogP contribution in [0.15, 0.2) is 45.3 Å². The monoisotopic (exact) mass is 738 g/mol. The molecule has 0 saturated heterocycles. The highest BCUT2D eigenvalue weighted by atomic mass is 79.9. The lowest BCUT2D eigenvalue weighted by Crippen LogP contribution is -2.52. The quantitative estimate of drug-likeness (QED) is 0.0790. The number of hydrogen-bond donors (Lipinski definition) is 0. The largest absolute Gasteiger partial charge is 0.409 e. The summed E-state index contributed by atoms with van der Waals surface area (Å²) in [6, 6.07) is 3.52. The van der Waals surface area contributed by atoms with Crippen molar-refractivity contribution in [3.63, 3.8) is 0 Å². The Morgan fingerprint density at radius 1 is 0.523 bits per heavy atom. The molecule has 5 aromatic rings. The van der Waals surface area contributed by atoms with Crippen molar-refractivity contribution in [2.45, 2.75) is 38.3 Å². The summed E-state index contributed by atoms with van der Waals surface area (Å²) < 4.78 is 82.6. The summed E-state index contributed by atoms with van der Waals surface area (Å²) in [5.41, 5.74) is -0.489. The highest BCUT2D eigenvalue weighted by Crippen LogP contribution is 2.51. The van der Waals surface area contributed by atoms with Gasteiger partial charge in [0.15, 0.2) is 0 Å². The zero-order valence-corrected chi connectivity index (χ0v) is 25.3. The van der Waals surface area contributed by atoms with E-state index in [1.807, 2.05) is 0 Å². The maximum Gasteiger partial charge on any atom is 0.409 e. The van der Waals surface area contributed by atoms with Crippen molar-refractivity contribution in [3.8, 4) is 0 Å². The summed E-state index contributed by atoms with van der Waals surface area (Å²) in [7, 11) is 0. The van der Waals surface area contributed by atoms with E-state index in [1.165, 1.54) is 36.4 Å². The number of nitrogens with zero attached hydrogens (tertiary/aromatic N) is 2. The molecule has 7 rings (SSSR count). The summed E-state index contributed by atoms with van der Waals surface area (Å²) >= 11 is 6.89. The van der Waals surface area contributed by atoms with Crippen molar-refractivity contribution < 1.29 is 45.5 Å². The minimum atomic E-state index is -4.87. The molecule has 2 unspecified atom stereocenters. The van der Waals surface area contributed by atoms with E-state index in [1.54, 1.807) is 0 Å². The molecule has 2 aliphatic heterocycles. The number of hydrogen-bond acceptors (Lipinski definition) is 4. The van der Waals surface area contributed by atoms with Crippen molar-refractivity contribution in [3.05, 3.63) is 67.6 Å². The van der Waals surface area contributed by atoms with Crippen molar-refractivity contribution in [2.24, 2.45) is 0 Å². The van der Waals surface area contributed by atoms with Crippen LogP contribution in [-0.2, 0) is 0 Å². The van der Waals surface area contributed by atoms with Gasteiger partial charge in [-0.15, -0.1) is 0 Å². The van der Waals surface area contributed by atoms with Crippen LogP contribution in [0.5, 0.6) is 0 Å². The topological polar surface area (TPSA) is 74.8 Å². The maximum atomic E-state index is 13.7. The van der Waals surface area contributed by atoms with E-state index in [0.717, 1.165) is 13.8 Å². The number of benzene rings is 5. The van der Waals surface area contributed by atoms with Crippen molar-refractivity contribution in [2.75, 3.05) is 0 Å². The van der Waals surface area contributed by atoms with E-state index < -0.39 is 48.1 Å². The molecule has 6 nitrogen and oxygen atoms in total. The lowest BCUT2D eigenvalue weighted by Gasteiger charge is -2.34. The first-order valence-electron chi connectivity index (χ1n) is 12.9. The Kier molecular flexibility index (Phi) is 5.86. The molecular weight excluding hydrogens is 726 g/mol. The average Bonchev–Trinajstić information content (AvgIpc) is 2.93. The van der Waals surface area contributed by atoms with Gasteiger partial charge in [-0.05, 0) is 48.9 Å². The number of alkyl halides is 6. The summed E-state index contributed by atoms with van der Waals surface area (Å²) in [5, 5.41) is 2.80. The fourth-order valence-corrected chi connectivity index (χ4v) is 7.68.